The van der Waals surface area contributed by atoms with Crippen molar-refractivity contribution in [1.82, 2.24) is 20.7 Å². The fourth-order valence-electron chi connectivity index (χ4n) is 2.55. The van der Waals surface area contributed by atoms with E-state index in [1.165, 1.54) is 0 Å². The SMILES string of the molecule is COc1ccc(-c2cc(C(=O)NCc3nnc(-c4ccccc4)o3)on2)cc1. The van der Waals surface area contributed by atoms with Crippen molar-refractivity contribution in [3.63, 3.8) is 0 Å². The summed E-state index contributed by atoms with van der Waals surface area (Å²) in [4.78, 5) is 12.3. The average Bonchev–Trinajstić information content (AvgIpc) is 3.43. The molecule has 140 valence electrons. The molecular weight excluding hydrogens is 360 g/mol. The molecule has 2 heterocycles. The third-order valence-electron chi connectivity index (χ3n) is 4.01. The zero-order chi connectivity index (χ0) is 19.3. The summed E-state index contributed by atoms with van der Waals surface area (Å²) in [7, 11) is 1.60. The third-order valence-corrected chi connectivity index (χ3v) is 4.01. The molecule has 28 heavy (non-hydrogen) atoms. The molecule has 0 saturated carbocycles. The topological polar surface area (TPSA) is 103 Å². The van der Waals surface area contributed by atoms with E-state index in [4.69, 9.17) is 13.7 Å². The molecule has 0 aliphatic heterocycles. The van der Waals surface area contributed by atoms with Gasteiger partial charge in [-0.25, -0.2) is 0 Å². The monoisotopic (exact) mass is 376 g/mol. The number of carbonyl (C=O) groups excluding carboxylic acids is 1. The van der Waals surface area contributed by atoms with Crippen molar-refractivity contribution >= 4 is 5.91 Å². The standard InChI is InChI=1S/C20H16N4O4/c1-26-15-9-7-13(8-10-15)16-11-17(28-24-16)19(25)21-12-18-22-23-20(27-18)14-5-3-2-4-6-14/h2-11H,12H2,1H3,(H,21,25). The molecule has 1 amide bonds. The number of ether oxygens (including phenoxy) is 1. The van der Waals surface area contributed by atoms with Gasteiger partial charge in [-0.3, -0.25) is 4.79 Å². The Hall–Kier alpha value is -3.94. The van der Waals surface area contributed by atoms with Gasteiger partial charge in [-0.2, -0.15) is 0 Å². The average molecular weight is 376 g/mol. The smallest absolute Gasteiger partial charge is 0.290 e. The van der Waals surface area contributed by atoms with Crippen LogP contribution in [0.15, 0.2) is 69.6 Å². The normalized spacial score (nSPS) is 10.6. The van der Waals surface area contributed by atoms with Crippen LogP contribution in [0, 0.1) is 0 Å². The van der Waals surface area contributed by atoms with E-state index in [1.807, 2.05) is 54.6 Å². The maximum atomic E-state index is 12.3. The number of aromatic nitrogens is 3. The first-order valence-corrected chi connectivity index (χ1v) is 8.50. The molecule has 0 fully saturated rings. The van der Waals surface area contributed by atoms with Crippen molar-refractivity contribution in [3.05, 3.63) is 72.3 Å². The van der Waals surface area contributed by atoms with Gasteiger partial charge < -0.3 is 19.0 Å². The Morgan fingerprint density at radius 3 is 2.57 bits per heavy atom. The van der Waals surface area contributed by atoms with Gasteiger partial charge in [0.05, 0.1) is 13.7 Å². The number of rotatable bonds is 6. The van der Waals surface area contributed by atoms with Crippen molar-refractivity contribution in [2.45, 2.75) is 6.54 Å². The van der Waals surface area contributed by atoms with E-state index >= 15 is 0 Å². The summed E-state index contributed by atoms with van der Waals surface area (Å²) in [6, 6.07) is 18.3. The highest BCUT2D eigenvalue weighted by molar-refractivity contribution is 5.92. The van der Waals surface area contributed by atoms with E-state index in [2.05, 4.69) is 20.7 Å². The summed E-state index contributed by atoms with van der Waals surface area (Å²) < 4.78 is 15.8. The van der Waals surface area contributed by atoms with Crippen molar-refractivity contribution in [2.75, 3.05) is 7.11 Å². The van der Waals surface area contributed by atoms with Crippen LogP contribution in [0.25, 0.3) is 22.7 Å². The van der Waals surface area contributed by atoms with Crippen LogP contribution in [0.5, 0.6) is 5.75 Å². The lowest BCUT2D eigenvalue weighted by molar-refractivity contribution is 0.0910. The summed E-state index contributed by atoms with van der Waals surface area (Å²) in [6.45, 7) is 0.0806. The van der Waals surface area contributed by atoms with Gasteiger partial charge in [0.2, 0.25) is 17.5 Å². The Morgan fingerprint density at radius 2 is 1.82 bits per heavy atom. The summed E-state index contributed by atoms with van der Waals surface area (Å²) in [5.41, 5.74) is 2.18. The Bertz CT molecular complexity index is 1070. The molecule has 4 rings (SSSR count). The van der Waals surface area contributed by atoms with E-state index in [0.717, 1.165) is 16.9 Å². The van der Waals surface area contributed by atoms with Gasteiger partial charge in [0.1, 0.15) is 11.4 Å². The minimum absolute atomic E-state index is 0.0806. The zero-order valence-corrected chi connectivity index (χ0v) is 15.0. The van der Waals surface area contributed by atoms with E-state index in [9.17, 15) is 4.79 Å². The summed E-state index contributed by atoms with van der Waals surface area (Å²) in [6.07, 6.45) is 0. The van der Waals surface area contributed by atoms with Crippen LogP contribution < -0.4 is 10.1 Å². The van der Waals surface area contributed by atoms with Crippen LogP contribution in [-0.2, 0) is 6.54 Å². The van der Waals surface area contributed by atoms with Crippen molar-refractivity contribution in [3.8, 4) is 28.5 Å². The molecule has 0 bridgehead atoms. The second kappa shape index (κ2) is 7.75. The number of methoxy groups -OCH3 is 1. The predicted octanol–water partition coefficient (Wildman–Crippen LogP) is 3.33. The van der Waals surface area contributed by atoms with Crippen molar-refractivity contribution in [1.29, 1.82) is 0 Å². The van der Waals surface area contributed by atoms with Gasteiger partial charge in [-0.1, -0.05) is 23.4 Å². The maximum Gasteiger partial charge on any atom is 0.290 e. The Balaban J connectivity index is 1.39. The Morgan fingerprint density at radius 1 is 1.04 bits per heavy atom. The second-order valence-electron chi connectivity index (χ2n) is 5.85. The lowest BCUT2D eigenvalue weighted by Crippen LogP contribution is -2.22. The molecule has 8 heteroatoms. The zero-order valence-electron chi connectivity index (χ0n) is 15.0. The van der Waals surface area contributed by atoms with Crippen LogP contribution in [0.2, 0.25) is 0 Å². The van der Waals surface area contributed by atoms with Crippen LogP contribution in [0.4, 0.5) is 0 Å². The van der Waals surface area contributed by atoms with Crippen LogP contribution >= 0.6 is 0 Å². The summed E-state index contributed by atoms with van der Waals surface area (Å²) >= 11 is 0. The predicted molar refractivity (Wildman–Crippen MR) is 99.4 cm³/mol. The molecule has 0 radical (unpaired) electrons. The molecule has 0 aliphatic rings. The Kier molecular flexibility index (Phi) is 4.83. The molecule has 0 aliphatic carbocycles. The van der Waals surface area contributed by atoms with Gasteiger partial charge >= 0.3 is 0 Å². The van der Waals surface area contributed by atoms with Gasteiger partial charge in [0.25, 0.3) is 5.91 Å². The number of nitrogens with one attached hydrogen (secondary N) is 1. The van der Waals surface area contributed by atoms with E-state index in [-0.39, 0.29) is 12.3 Å². The number of nitrogens with zero attached hydrogens (tertiary/aromatic N) is 3. The largest absolute Gasteiger partial charge is 0.497 e. The highest BCUT2D eigenvalue weighted by Gasteiger charge is 2.15. The Labute approximate surface area is 160 Å². The molecule has 0 spiro atoms. The minimum atomic E-state index is -0.424. The number of carbonyl (C=O) groups is 1. The molecule has 4 aromatic rings. The summed E-state index contributed by atoms with van der Waals surface area (Å²) in [5, 5.41) is 14.5. The maximum absolute atomic E-state index is 12.3. The van der Waals surface area contributed by atoms with Gasteiger partial charge in [-0.15, -0.1) is 10.2 Å². The van der Waals surface area contributed by atoms with Crippen LogP contribution in [0.3, 0.4) is 0 Å². The molecule has 1 N–H and O–H groups in total. The van der Waals surface area contributed by atoms with Gasteiger partial charge in [-0.05, 0) is 36.4 Å². The fraction of sp³-hybridized carbons (Fsp3) is 0.100. The molecule has 8 nitrogen and oxygen atoms in total. The first-order valence-electron chi connectivity index (χ1n) is 8.50. The van der Waals surface area contributed by atoms with E-state index < -0.39 is 5.91 Å². The number of hydrogen-bond donors (Lipinski definition) is 1. The van der Waals surface area contributed by atoms with Gasteiger partial charge in [0, 0.05) is 17.2 Å². The number of hydrogen-bond acceptors (Lipinski definition) is 7. The molecular formula is C20H16N4O4. The van der Waals surface area contributed by atoms with E-state index in [0.29, 0.717) is 17.5 Å². The quantitative estimate of drug-likeness (QED) is 0.550. The third kappa shape index (κ3) is 3.75. The minimum Gasteiger partial charge on any atom is -0.497 e. The molecule has 2 aromatic carbocycles. The van der Waals surface area contributed by atoms with Gasteiger partial charge in [0.15, 0.2) is 0 Å². The molecule has 2 aromatic heterocycles. The second-order valence-corrected chi connectivity index (χ2v) is 5.85. The lowest BCUT2D eigenvalue weighted by Gasteiger charge is -1.99. The molecule has 0 atom stereocenters. The number of amides is 1. The van der Waals surface area contributed by atoms with Crippen LogP contribution in [-0.4, -0.2) is 28.4 Å². The number of benzene rings is 2. The van der Waals surface area contributed by atoms with Crippen molar-refractivity contribution < 1.29 is 18.5 Å². The molecule has 0 saturated heterocycles. The van der Waals surface area contributed by atoms with E-state index in [1.54, 1.807) is 13.2 Å². The molecule has 0 unspecified atom stereocenters. The first kappa shape index (κ1) is 17.5. The fourth-order valence-corrected chi connectivity index (χ4v) is 2.55. The van der Waals surface area contributed by atoms with Crippen molar-refractivity contribution in [2.24, 2.45) is 0 Å². The highest BCUT2D eigenvalue weighted by Crippen LogP contribution is 2.22. The first-order chi connectivity index (χ1) is 13.7. The lowest BCUT2D eigenvalue weighted by atomic mass is 10.1. The van der Waals surface area contributed by atoms with Crippen LogP contribution in [0.1, 0.15) is 16.4 Å². The summed E-state index contributed by atoms with van der Waals surface area (Å²) in [5.74, 6) is 1.09. The highest BCUT2D eigenvalue weighted by atomic mass is 16.5.